The van der Waals surface area contributed by atoms with Crippen molar-refractivity contribution in [2.24, 2.45) is 0 Å². The molecule has 82 valence electrons. The molecule has 0 amide bonds. The predicted octanol–water partition coefficient (Wildman–Crippen LogP) is 2.80. The molecule has 0 fully saturated rings. The molecule has 2 unspecified atom stereocenters. The van der Waals surface area contributed by atoms with Gasteiger partial charge in [-0.25, -0.2) is 0 Å². The van der Waals surface area contributed by atoms with Crippen molar-refractivity contribution in [2.75, 3.05) is 0 Å². The van der Waals surface area contributed by atoms with Gasteiger partial charge in [-0.15, -0.1) is 0 Å². The van der Waals surface area contributed by atoms with Gasteiger partial charge >= 0.3 is 5.97 Å². The summed E-state index contributed by atoms with van der Waals surface area (Å²) in [6, 6.07) is 5.29. The highest BCUT2D eigenvalue weighted by molar-refractivity contribution is 7.17. The monoisotopic (exact) mass is 232 g/mol. The molecule has 5 heteroatoms. The van der Waals surface area contributed by atoms with Crippen molar-refractivity contribution in [2.45, 2.75) is 18.5 Å². The molecule has 0 bridgehead atoms. The largest absolute Gasteiger partial charge is 0.481 e. The molecule has 1 rings (SSSR count). The van der Waals surface area contributed by atoms with Crippen LogP contribution < -0.4 is 0 Å². The molecule has 2 nitrogen and oxygen atoms in total. The molecule has 0 aliphatic heterocycles. The Kier molecular flexibility index (Phi) is 3.40. The molecule has 0 heterocycles. The van der Waals surface area contributed by atoms with Crippen LogP contribution in [-0.4, -0.2) is 11.1 Å². The Bertz CT molecular complexity index is 357. The van der Waals surface area contributed by atoms with E-state index in [9.17, 15) is 13.6 Å². The lowest BCUT2D eigenvalue weighted by Gasteiger charge is -2.12. The molecular formula is C10H11F2O2P. The zero-order chi connectivity index (χ0) is 11.6. The molecule has 0 aromatic heterocycles. The van der Waals surface area contributed by atoms with E-state index in [1.165, 1.54) is 40.4 Å². The molecule has 1 N–H and O–H groups in total. The molecule has 2 atom stereocenters. The Labute approximate surface area is 88.5 Å². The second-order valence-corrected chi connectivity index (χ2v) is 4.03. The molecular weight excluding hydrogens is 221 g/mol. The first-order valence-electron chi connectivity index (χ1n) is 4.32. The Morgan fingerprint density at radius 3 is 2.20 bits per heavy atom. The van der Waals surface area contributed by atoms with Gasteiger partial charge in [0.25, 0.3) is 5.66 Å². The van der Waals surface area contributed by atoms with Gasteiger partial charge in [0.15, 0.2) is 0 Å². The summed E-state index contributed by atoms with van der Waals surface area (Å²) in [5.74, 6) is -1.66. The van der Waals surface area contributed by atoms with Crippen molar-refractivity contribution in [3.8, 4) is 0 Å². The SMILES string of the molecule is CC(C(=O)O)c1ccc(C(F)(F)P)cc1. The average Bonchev–Trinajstić information content (AvgIpc) is 2.15. The van der Waals surface area contributed by atoms with Crippen LogP contribution in [-0.2, 0) is 10.5 Å². The highest BCUT2D eigenvalue weighted by atomic mass is 31.0. The maximum Gasteiger partial charge on any atom is 0.310 e. The molecule has 0 saturated heterocycles. The lowest BCUT2D eigenvalue weighted by Crippen LogP contribution is -2.08. The quantitative estimate of drug-likeness (QED) is 0.813. The first-order chi connectivity index (χ1) is 6.82. The van der Waals surface area contributed by atoms with Crippen LogP contribution in [0.25, 0.3) is 0 Å². The smallest absolute Gasteiger partial charge is 0.310 e. The van der Waals surface area contributed by atoms with Crippen LogP contribution in [0.15, 0.2) is 24.3 Å². The lowest BCUT2D eigenvalue weighted by molar-refractivity contribution is -0.138. The molecule has 1 aromatic carbocycles. The van der Waals surface area contributed by atoms with E-state index < -0.39 is 17.6 Å². The predicted molar refractivity (Wildman–Crippen MR) is 56.1 cm³/mol. The first-order valence-corrected chi connectivity index (χ1v) is 4.90. The fraction of sp³-hybridized carbons (Fsp3) is 0.300. The van der Waals surface area contributed by atoms with Crippen LogP contribution >= 0.6 is 9.24 Å². The number of rotatable bonds is 3. The molecule has 0 saturated carbocycles. The van der Waals surface area contributed by atoms with Crippen molar-refractivity contribution in [1.82, 2.24) is 0 Å². The number of hydrogen-bond donors (Lipinski definition) is 1. The van der Waals surface area contributed by atoms with Gasteiger partial charge in [-0.2, -0.15) is 8.78 Å². The van der Waals surface area contributed by atoms with E-state index in [-0.39, 0.29) is 5.56 Å². The van der Waals surface area contributed by atoms with Crippen LogP contribution in [0.3, 0.4) is 0 Å². The Hall–Kier alpha value is -1.02. The van der Waals surface area contributed by atoms with E-state index in [1.54, 1.807) is 0 Å². The van der Waals surface area contributed by atoms with Crippen LogP contribution in [0.5, 0.6) is 0 Å². The maximum absolute atomic E-state index is 12.8. The number of aliphatic carboxylic acids is 1. The minimum Gasteiger partial charge on any atom is -0.481 e. The normalized spacial score (nSPS) is 13.6. The van der Waals surface area contributed by atoms with E-state index in [1.807, 2.05) is 0 Å². The van der Waals surface area contributed by atoms with Crippen LogP contribution in [0, 0.1) is 0 Å². The summed E-state index contributed by atoms with van der Waals surface area (Å²) in [6.45, 7) is 1.51. The number of alkyl halides is 2. The van der Waals surface area contributed by atoms with Gasteiger partial charge < -0.3 is 5.11 Å². The number of hydrogen-bond acceptors (Lipinski definition) is 1. The topological polar surface area (TPSA) is 37.3 Å². The molecule has 0 aliphatic rings. The van der Waals surface area contributed by atoms with Gasteiger partial charge in [0.1, 0.15) is 0 Å². The molecule has 15 heavy (non-hydrogen) atoms. The van der Waals surface area contributed by atoms with E-state index in [4.69, 9.17) is 5.11 Å². The van der Waals surface area contributed by atoms with Crippen LogP contribution in [0.1, 0.15) is 24.0 Å². The van der Waals surface area contributed by atoms with Crippen molar-refractivity contribution in [1.29, 1.82) is 0 Å². The lowest BCUT2D eigenvalue weighted by atomic mass is 10.0. The number of carboxylic acid groups (broad SMARTS) is 1. The van der Waals surface area contributed by atoms with Crippen LogP contribution in [0.2, 0.25) is 0 Å². The van der Waals surface area contributed by atoms with Gasteiger partial charge in [-0.1, -0.05) is 33.5 Å². The van der Waals surface area contributed by atoms with E-state index in [2.05, 4.69) is 0 Å². The average molecular weight is 232 g/mol. The van der Waals surface area contributed by atoms with Gasteiger partial charge in [0.2, 0.25) is 0 Å². The summed E-state index contributed by atoms with van der Waals surface area (Å²) in [7, 11) is 1.44. The second-order valence-electron chi connectivity index (χ2n) is 3.30. The van der Waals surface area contributed by atoms with Gasteiger partial charge in [-0.3, -0.25) is 4.79 Å². The van der Waals surface area contributed by atoms with Crippen LogP contribution in [0.4, 0.5) is 8.78 Å². The molecule has 0 radical (unpaired) electrons. The summed E-state index contributed by atoms with van der Waals surface area (Å²) < 4.78 is 25.6. The van der Waals surface area contributed by atoms with Gasteiger partial charge in [0, 0.05) is 5.56 Å². The maximum atomic E-state index is 12.8. The summed E-state index contributed by atoms with van der Waals surface area (Å²) in [5, 5.41) is 8.71. The highest BCUT2D eigenvalue weighted by Gasteiger charge is 2.24. The number of carboxylic acids is 1. The molecule has 0 aliphatic carbocycles. The third kappa shape index (κ3) is 2.96. The van der Waals surface area contributed by atoms with E-state index in [0.29, 0.717) is 5.56 Å². The summed E-state index contributed by atoms with van der Waals surface area (Å²) >= 11 is 0. The van der Waals surface area contributed by atoms with Crippen molar-refractivity contribution < 1.29 is 18.7 Å². The Balaban J connectivity index is 2.95. The highest BCUT2D eigenvalue weighted by Crippen LogP contribution is 2.35. The zero-order valence-electron chi connectivity index (χ0n) is 8.08. The summed E-state index contributed by atoms with van der Waals surface area (Å²) in [4.78, 5) is 10.6. The molecule has 1 aromatic rings. The fourth-order valence-electron chi connectivity index (χ4n) is 1.14. The van der Waals surface area contributed by atoms with Crippen molar-refractivity contribution in [3.63, 3.8) is 0 Å². The van der Waals surface area contributed by atoms with Crippen molar-refractivity contribution >= 4 is 15.2 Å². The molecule has 0 spiro atoms. The summed E-state index contributed by atoms with van der Waals surface area (Å²) in [6.07, 6.45) is 0. The standard InChI is InChI=1S/C10H11F2O2P/c1-6(9(13)14)7-2-4-8(5-3-7)10(11,12)15/h2-6H,15H2,1H3,(H,13,14). The zero-order valence-corrected chi connectivity index (χ0v) is 9.23. The summed E-state index contributed by atoms with van der Waals surface area (Å²) in [5.41, 5.74) is -2.60. The second kappa shape index (κ2) is 4.23. The minimum absolute atomic E-state index is 0.145. The third-order valence-electron chi connectivity index (χ3n) is 2.17. The Morgan fingerprint density at radius 1 is 1.40 bits per heavy atom. The third-order valence-corrected chi connectivity index (χ3v) is 2.50. The minimum atomic E-state index is -2.97. The van der Waals surface area contributed by atoms with Crippen molar-refractivity contribution in [3.05, 3.63) is 35.4 Å². The number of carbonyl (C=O) groups is 1. The first kappa shape index (κ1) is 12.1. The Morgan fingerprint density at radius 2 is 1.87 bits per heavy atom. The fourth-order valence-corrected chi connectivity index (χ4v) is 1.33. The number of halogens is 2. The van der Waals surface area contributed by atoms with Gasteiger partial charge in [0.05, 0.1) is 5.92 Å². The van der Waals surface area contributed by atoms with E-state index in [0.717, 1.165) is 0 Å². The number of benzene rings is 1. The van der Waals surface area contributed by atoms with Gasteiger partial charge in [-0.05, 0) is 12.5 Å². The van der Waals surface area contributed by atoms with E-state index >= 15 is 0 Å².